The van der Waals surface area contributed by atoms with E-state index in [9.17, 15) is 22.4 Å². The lowest BCUT2D eigenvalue weighted by molar-refractivity contribution is -0.186. The van der Waals surface area contributed by atoms with Crippen LogP contribution in [-0.4, -0.2) is 35.7 Å². The Bertz CT molecular complexity index is 319. The van der Waals surface area contributed by atoms with Crippen LogP contribution in [0, 0.1) is 5.92 Å². The van der Waals surface area contributed by atoms with Crippen LogP contribution in [0.25, 0.3) is 0 Å². The molecule has 0 bridgehead atoms. The van der Waals surface area contributed by atoms with Crippen LogP contribution >= 0.6 is 0 Å². The van der Waals surface area contributed by atoms with Crippen molar-refractivity contribution in [3.8, 4) is 0 Å². The van der Waals surface area contributed by atoms with Crippen LogP contribution in [0.4, 0.5) is 17.6 Å². The molecule has 1 saturated heterocycles. The van der Waals surface area contributed by atoms with Crippen molar-refractivity contribution in [3.05, 3.63) is 0 Å². The second-order valence-electron chi connectivity index (χ2n) is 5.18. The maximum atomic E-state index is 13.1. The van der Waals surface area contributed by atoms with Crippen molar-refractivity contribution in [2.75, 3.05) is 6.54 Å². The van der Waals surface area contributed by atoms with Crippen molar-refractivity contribution in [1.82, 2.24) is 4.90 Å². The molecule has 2 fully saturated rings. The number of hydrogen-bond acceptors (Lipinski definition) is 1. The van der Waals surface area contributed by atoms with Crippen molar-refractivity contribution in [3.63, 3.8) is 0 Å². The number of likely N-dealkylation sites (tertiary alicyclic amines) is 1. The quantitative estimate of drug-likeness (QED) is 0.704. The summed E-state index contributed by atoms with van der Waals surface area (Å²) >= 11 is 0. The Morgan fingerprint density at radius 1 is 1.11 bits per heavy atom. The lowest BCUT2D eigenvalue weighted by atomic mass is 9.78. The smallest absolute Gasteiger partial charge is 0.334 e. The highest BCUT2D eigenvalue weighted by Gasteiger charge is 2.53. The van der Waals surface area contributed by atoms with E-state index >= 15 is 0 Å². The summed E-state index contributed by atoms with van der Waals surface area (Å²) in [5, 5.41) is 0. The van der Waals surface area contributed by atoms with E-state index in [2.05, 4.69) is 0 Å². The van der Waals surface area contributed by atoms with Gasteiger partial charge in [-0.3, -0.25) is 4.79 Å². The first-order chi connectivity index (χ1) is 8.44. The van der Waals surface area contributed by atoms with E-state index < -0.39 is 18.3 Å². The molecule has 6 heteroatoms. The fourth-order valence-electron chi connectivity index (χ4n) is 3.16. The molecule has 104 valence electrons. The van der Waals surface area contributed by atoms with Crippen molar-refractivity contribution >= 4 is 5.91 Å². The van der Waals surface area contributed by atoms with E-state index in [1.807, 2.05) is 0 Å². The highest BCUT2D eigenvalue weighted by molar-refractivity contribution is 5.84. The van der Waals surface area contributed by atoms with Gasteiger partial charge in [0.25, 0.3) is 5.91 Å². The summed E-state index contributed by atoms with van der Waals surface area (Å²) < 4.78 is 50.8. The van der Waals surface area contributed by atoms with E-state index in [0.29, 0.717) is 12.8 Å². The largest absolute Gasteiger partial charge is 0.383 e. The summed E-state index contributed by atoms with van der Waals surface area (Å²) in [7, 11) is 0. The fraction of sp³-hybridized carbons (Fsp3) is 0.917. The van der Waals surface area contributed by atoms with Gasteiger partial charge in [0.15, 0.2) is 0 Å². The van der Waals surface area contributed by atoms with Crippen LogP contribution in [-0.2, 0) is 4.79 Å². The molecule has 0 N–H and O–H groups in total. The first-order valence-electron chi connectivity index (χ1n) is 6.41. The zero-order valence-corrected chi connectivity index (χ0v) is 10.0. The normalized spacial score (nSPS) is 29.3. The van der Waals surface area contributed by atoms with Crippen LogP contribution < -0.4 is 0 Å². The van der Waals surface area contributed by atoms with Crippen LogP contribution in [0.2, 0.25) is 0 Å². The zero-order chi connectivity index (χ0) is 13.3. The van der Waals surface area contributed by atoms with Gasteiger partial charge in [0.05, 0.1) is 0 Å². The number of fused-ring (bicyclic) bond motifs is 1. The Balaban J connectivity index is 2.13. The second kappa shape index (κ2) is 5.05. The number of carbonyl (C=O) groups excluding carboxylic acids is 1. The molecule has 2 rings (SSSR count). The molecule has 0 spiro atoms. The SMILES string of the molecule is O=C(N1CCCC2CCCCC21)C(F)(F)C(F)F. The van der Waals surface area contributed by atoms with Gasteiger partial charge in [-0.15, -0.1) is 0 Å². The molecule has 2 aliphatic rings. The van der Waals surface area contributed by atoms with Gasteiger partial charge in [0.2, 0.25) is 0 Å². The number of nitrogens with zero attached hydrogens (tertiary/aromatic N) is 1. The third kappa shape index (κ3) is 2.34. The summed E-state index contributed by atoms with van der Waals surface area (Å²) in [4.78, 5) is 12.6. The third-order valence-electron chi connectivity index (χ3n) is 4.06. The van der Waals surface area contributed by atoms with Crippen molar-refractivity contribution in [2.24, 2.45) is 5.92 Å². The van der Waals surface area contributed by atoms with Gasteiger partial charge in [0, 0.05) is 12.6 Å². The molecule has 1 saturated carbocycles. The first-order valence-corrected chi connectivity index (χ1v) is 6.41. The van der Waals surface area contributed by atoms with E-state index in [-0.39, 0.29) is 18.5 Å². The topological polar surface area (TPSA) is 20.3 Å². The number of halogens is 4. The molecule has 2 nitrogen and oxygen atoms in total. The zero-order valence-electron chi connectivity index (χ0n) is 10.0. The number of alkyl halides is 4. The highest BCUT2D eigenvalue weighted by atomic mass is 19.3. The monoisotopic (exact) mass is 267 g/mol. The Hall–Kier alpha value is -0.810. The molecular formula is C12H17F4NO. The van der Waals surface area contributed by atoms with E-state index in [1.54, 1.807) is 0 Å². The molecule has 1 amide bonds. The molecule has 0 aromatic carbocycles. The van der Waals surface area contributed by atoms with Crippen LogP contribution in [0.1, 0.15) is 38.5 Å². The third-order valence-corrected chi connectivity index (χ3v) is 4.06. The summed E-state index contributed by atoms with van der Waals surface area (Å²) in [6.07, 6.45) is 1.11. The fourth-order valence-corrected chi connectivity index (χ4v) is 3.16. The molecular weight excluding hydrogens is 250 g/mol. The van der Waals surface area contributed by atoms with Gasteiger partial charge in [-0.2, -0.15) is 8.78 Å². The van der Waals surface area contributed by atoms with Crippen molar-refractivity contribution in [1.29, 1.82) is 0 Å². The van der Waals surface area contributed by atoms with Crippen LogP contribution in [0.3, 0.4) is 0 Å². The maximum absolute atomic E-state index is 13.1. The molecule has 0 aromatic heterocycles. The van der Waals surface area contributed by atoms with Crippen molar-refractivity contribution in [2.45, 2.75) is 56.9 Å². The second-order valence-corrected chi connectivity index (χ2v) is 5.18. The van der Waals surface area contributed by atoms with Gasteiger partial charge in [0.1, 0.15) is 0 Å². The summed E-state index contributed by atoms with van der Waals surface area (Å²) in [6, 6.07) is -0.260. The van der Waals surface area contributed by atoms with Gasteiger partial charge in [-0.25, -0.2) is 8.78 Å². The average Bonchev–Trinajstić information content (AvgIpc) is 2.37. The Morgan fingerprint density at radius 3 is 2.39 bits per heavy atom. The number of amides is 1. The minimum atomic E-state index is -4.54. The predicted octanol–water partition coefficient (Wildman–Crippen LogP) is 3.07. The molecule has 1 aliphatic carbocycles. The van der Waals surface area contributed by atoms with Gasteiger partial charge < -0.3 is 4.90 Å². The number of carbonyl (C=O) groups is 1. The molecule has 1 aliphatic heterocycles. The summed E-state index contributed by atoms with van der Waals surface area (Å²) in [5.41, 5.74) is 0. The number of rotatable bonds is 2. The molecule has 0 aromatic rings. The minimum absolute atomic E-state index is 0.183. The Kier molecular flexibility index (Phi) is 3.82. The van der Waals surface area contributed by atoms with E-state index in [1.165, 1.54) is 0 Å². The van der Waals surface area contributed by atoms with E-state index in [0.717, 1.165) is 30.6 Å². The Morgan fingerprint density at radius 2 is 1.72 bits per heavy atom. The molecule has 2 atom stereocenters. The molecule has 2 unspecified atom stereocenters. The minimum Gasteiger partial charge on any atom is -0.334 e. The molecule has 18 heavy (non-hydrogen) atoms. The summed E-state index contributed by atoms with van der Waals surface area (Å²) in [5.74, 6) is -6.02. The summed E-state index contributed by atoms with van der Waals surface area (Å²) in [6.45, 7) is 0.183. The van der Waals surface area contributed by atoms with Gasteiger partial charge >= 0.3 is 12.3 Å². The van der Waals surface area contributed by atoms with Crippen molar-refractivity contribution < 1.29 is 22.4 Å². The standard InChI is InChI=1S/C12H17F4NO/c13-10(14)12(15,16)11(18)17-7-3-5-8-4-1-2-6-9(8)17/h8-10H,1-7H2. The highest BCUT2D eigenvalue weighted by Crippen LogP contribution is 2.37. The van der Waals surface area contributed by atoms with Crippen LogP contribution in [0.5, 0.6) is 0 Å². The average molecular weight is 267 g/mol. The van der Waals surface area contributed by atoms with E-state index in [4.69, 9.17) is 0 Å². The van der Waals surface area contributed by atoms with Crippen LogP contribution in [0.15, 0.2) is 0 Å². The molecule has 0 radical (unpaired) electrons. The number of hydrogen-bond donors (Lipinski definition) is 0. The number of piperidine rings is 1. The lowest BCUT2D eigenvalue weighted by Crippen LogP contribution is -2.56. The lowest BCUT2D eigenvalue weighted by Gasteiger charge is -2.44. The Labute approximate surface area is 103 Å². The maximum Gasteiger partial charge on any atom is 0.383 e. The van der Waals surface area contributed by atoms with Gasteiger partial charge in [-0.05, 0) is 31.6 Å². The van der Waals surface area contributed by atoms with Gasteiger partial charge in [-0.1, -0.05) is 12.8 Å². The predicted molar refractivity (Wildman–Crippen MR) is 57.6 cm³/mol. The first kappa shape index (κ1) is 13.6. The molecule has 1 heterocycles.